The van der Waals surface area contributed by atoms with Gasteiger partial charge >= 0.3 is 6.09 Å². The zero-order chi connectivity index (χ0) is 19.1. The van der Waals surface area contributed by atoms with Crippen LogP contribution in [0, 0.1) is 18.7 Å². The van der Waals surface area contributed by atoms with Crippen molar-refractivity contribution < 1.29 is 18.7 Å². The van der Waals surface area contributed by atoms with Crippen LogP contribution in [0.3, 0.4) is 0 Å². The van der Waals surface area contributed by atoms with E-state index in [1.807, 2.05) is 25.7 Å². The number of aryl methyl sites for hydroxylation is 1. The number of carbonyl (C=O) groups is 2. The molecule has 26 heavy (non-hydrogen) atoms. The zero-order valence-corrected chi connectivity index (χ0v) is 16.0. The molecule has 1 amide bonds. The van der Waals surface area contributed by atoms with E-state index in [9.17, 15) is 14.0 Å². The summed E-state index contributed by atoms with van der Waals surface area (Å²) in [6.45, 7) is 7.28. The van der Waals surface area contributed by atoms with Crippen molar-refractivity contribution >= 4 is 11.9 Å². The van der Waals surface area contributed by atoms with E-state index in [2.05, 4.69) is 0 Å². The fraction of sp³-hybridized carbons (Fsp3) is 0.619. The van der Waals surface area contributed by atoms with Crippen LogP contribution in [0.25, 0.3) is 0 Å². The zero-order valence-electron chi connectivity index (χ0n) is 16.0. The monoisotopic (exact) mass is 361 g/mol. The van der Waals surface area contributed by atoms with Gasteiger partial charge in [0, 0.05) is 23.6 Å². The molecule has 2 aliphatic rings. The van der Waals surface area contributed by atoms with Crippen LogP contribution < -0.4 is 0 Å². The summed E-state index contributed by atoms with van der Waals surface area (Å²) in [6, 6.07) is 4.76. The first-order chi connectivity index (χ1) is 12.2. The Balaban J connectivity index is 1.75. The molecule has 0 aliphatic carbocycles. The number of hydrogen-bond donors (Lipinski definition) is 0. The molecular weight excluding hydrogens is 333 g/mol. The maximum Gasteiger partial charge on any atom is 0.410 e. The van der Waals surface area contributed by atoms with Gasteiger partial charge in [-0.25, -0.2) is 9.18 Å². The fourth-order valence-corrected chi connectivity index (χ4v) is 4.19. The Labute approximate surface area is 154 Å². The number of nitrogens with zero attached hydrogens (tertiary/aromatic N) is 1. The molecule has 1 aromatic rings. The third-order valence-electron chi connectivity index (χ3n) is 5.41. The summed E-state index contributed by atoms with van der Waals surface area (Å²) in [4.78, 5) is 27.4. The van der Waals surface area contributed by atoms with Crippen LogP contribution in [0.2, 0.25) is 0 Å². The summed E-state index contributed by atoms with van der Waals surface area (Å²) < 4.78 is 19.4. The van der Waals surface area contributed by atoms with Crippen LogP contribution >= 0.6 is 0 Å². The lowest BCUT2D eigenvalue weighted by Crippen LogP contribution is -2.56. The fourth-order valence-electron chi connectivity index (χ4n) is 4.19. The third kappa shape index (κ3) is 3.92. The van der Waals surface area contributed by atoms with Gasteiger partial charge in [0.1, 0.15) is 11.4 Å². The van der Waals surface area contributed by atoms with E-state index in [0.29, 0.717) is 24.0 Å². The van der Waals surface area contributed by atoms with Gasteiger partial charge in [-0.2, -0.15) is 0 Å². The predicted octanol–water partition coefficient (Wildman–Crippen LogP) is 4.89. The molecule has 2 unspecified atom stereocenters. The molecule has 5 heteroatoms. The van der Waals surface area contributed by atoms with Crippen molar-refractivity contribution in [1.82, 2.24) is 4.90 Å². The average molecular weight is 361 g/mol. The molecule has 2 heterocycles. The molecule has 1 aromatic carbocycles. The van der Waals surface area contributed by atoms with Crippen molar-refractivity contribution in [3.8, 4) is 0 Å². The Morgan fingerprint density at radius 2 is 1.77 bits per heavy atom. The van der Waals surface area contributed by atoms with Gasteiger partial charge in [-0.05, 0) is 71.4 Å². The van der Waals surface area contributed by atoms with E-state index in [0.717, 1.165) is 19.3 Å². The highest BCUT2D eigenvalue weighted by Gasteiger charge is 2.44. The number of fused-ring (bicyclic) bond motifs is 2. The number of hydrogen-bond acceptors (Lipinski definition) is 3. The first-order valence-corrected chi connectivity index (χ1v) is 9.47. The molecule has 2 atom stereocenters. The smallest absolute Gasteiger partial charge is 0.410 e. The maximum atomic E-state index is 13.8. The van der Waals surface area contributed by atoms with E-state index in [4.69, 9.17) is 4.74 Å². The van der Waals surface area contributed by atoms with E-state index in [-0.39, 0.29) is 35.7 Å². The van der Waals surface area contributed by atoms with Gasteiger partial charge in [0.15, 0.2) is 5.78 Å². The van der Waals surface area contributed by atoms with Gasteiger partial charge in [-0.15, -0.1) is 0 Å². The number of piperidine rings is 2. The maximum absolute atomic E-state index is 13.8. The van der Waals surface area contributed by atoms with Gasteiger partial charge in [-0.1, -0.05) is 12.1 Å². The second-order valence-electron chi connectivity index (χ2n) is 8.62. The highest BCUT2D eigenvalue weighted by Crippen LogP contribution is 2.39. The van der Waals surface area contributed by atoms with Crippen LogP contribution in [0.15, 0.2) is 18.2 Å². The highest BCUT2D eigenvalue weighted by atomic mass is 19.1. The lowest BCUT2D eigenvalue weighted by molar-refractivity contribution is -0.0260. The Kier molecular flexibility index (Phi) is 5.09. The summed E-state index contributed by atoms with van der Waals surface area (Å²) in [6.07, 6.45) is 3.83. The molecule has 0 N–H and O–H groups in total. The highest BCUT2D eigenvalue weighted by molar-refractivity contribution is 5.98. The lowest BCUT2D eigenvalue weighted by atomic mass is 9.76. The molecule has 142 valence electrons. The molecule has 0 radical (unpaired) electrons. The van der Waals surface area contributed by atoms with Crippen LogP contribution in [0.5, 0.6) is 0 Å². The summed E-state index contributed by atoms with van der Waals surface area (Å²) >= 11 is 0. The van der Waals surface area contributed by atoms with Crippen molar-refractivity contribution in [3.63, 3.8) is 0 Å². The largest absolute Gasteiger partial charge is 0.444 e. The Hall–Kier alpha value is -1.91. The van der Waals surface area contributed by atoms with Crippen LogP contribution in [0.1, 0.15) is 68.8 Å². The minimum atomic E-state index is -0.530. The van der Waals surface area contributed by atoms with E-state index < -0.39 is 5.60 Å². The summed E-state index contributed by atoms with van der Waals surface area (Å²) in [5, 5.41) is 0. The molecule has 0 saturated carbocycles. The van der Waals surface area contributed by atoms with Crippen molar-refractivity contribution in [2.24, 2.45) is 5.92 Å². The third-order valence-corrected chi connectivity index (χ3v) is 5.41. The molecular formula is C21H28FNO3. The van der Waals surface area contributed by atoms with Crippen molar-refractivity contribution in [2.75, 3.05) is 0 Å². The van der Waals surface area contributed by atoms with Gasteiger partial charge in [0.25, 0.3) is 0 Å². The number of amides is 1. The minimum Gasteiger partial charge on any atom is -0.444 e. The number of carbonyl (C=O) groups excluding carboxylic acids is 2. The first kappa shape index (κ1) is 18.9. The van der Waals surface area contributed by atoms with Gasteiger partial charge < -0.3 is 9.64 Å². The second kappa shape index (κ2) is 7.01. The van der Waals surface area contributed by atoms with Crippen molar-refractivity contribution in [2.45, 2.75) is 77.5 Å². The van der Waals surface area contributed by atoms with Crippen molar-refractivity contribution in [1.29, 1.82) is 0 Å². The standard InChI is InChI=1S/C21H28FNO3/c1-13-8-9-14(12-18(13)22)19(24)15-10-16-6-5-7-17(11-15)23(16)20(25)26-21(2,3)4/h8-9,12,15-17H,5-7,10-11H2,1-4H3. The Morgan fingerprint density at radius 3 is 2.31 bits per heavy atom. The van der Waals surface area contributed by atoms with Crippen molar-refractivity contribution in [3.05, 3.63) is 35.1 Å². The summed E-state index contributed by atoms with van der Waals surface area (Å²) in [5.41, 5.74) is 0.442. The predicted molar refractivity (Wildman–Crippen MR) is 97.7 cm³/mol. The average Bonchev–Trinajstić information content (AvgIpc) is 2.54. The van der Waals surface area contributed by atoms with Gasteiger partial charge in [0.2, 0.25) is 0 Å². The molecule has 3 rings (SSSR count). The molecule has 2 bridgehead atoms. The minimum absolute atomic E-state index is 0.00959. The molecule has 2 saturated heterocycles. The molecule has 0 aromatic heterocycles. The molecule has 0 spiro atoms. The number of halogens is 1. The molecule has 2 aliphatic heterocycles. The quantitative estimate of drug-likeness (QED) is 0.705. The topological polar surface area (TPSA) is 46.6 Å². The van der Waals surface area contributed by atoms with Crippen LogP contribution in [0.4, 0.5) is 9.18 Å². The molecule has 2 fully saturated rings. The number of Topliss-reactive ketones (excluding diaryl/α,β-unsaturated/α-hetero) is 1. The van der Waals surface area contributed by atoms with Gasteiger partial charge in [-0.3, -0.25) is 4.79 Å². The number of rotatable bonds is 2. The van der Waals surface area contributed by atoms with E-state index in [1.54, 1.807) is 19.1 Å². The van der Waals surface area contributed by atoms with E-state index >= 15 is 0 Å². The number of ether oxygens (including phenoxy) is 1. The Morgan fingerprint density at radius 1 is 1.15 bits per heavy atom. The van der Waals surface area contributed by atoms with Crippen LogP contribution in [-0.2, 0) is 4.74 Å². The van der Waals surface area contributed by atoms with Gasteiger partial charge in [0.05, 0.1) is 0 Å². The normalized spacial score (nSPS) is 25.7. The second-order valence-corrected chi connectivity index (χ2v) is 8.62. The van der Waals surface area contributed by atoms with E-state index in [1.165, 1.54) is 6.07 Å². The van der Waals surface area contributed by atoms with Crippen LogP contribution in [-0.4, -0.2) is 34.5 Å². The number of benzene rings is 1. The lowest BCUT2D eigenvalue weighted by Gasteiger charge is -2.48. The molecule has 4 nitrogen and oxygen atoms in total. The summed E-state index contributed by atoms with van der Waals surface area (Å²) in [5.74, 6) is -0.516. The Bertz CT molecular complexity index is 696. The first-order valence-electron chi connectivity index (χ1n) is 9.47. The SMILES string of the molecule is Cc1ccc(C(=O)C2CC3CCCC(C2)N3C(=O)OC(C)(C)C)cc1F. The number of ketones is 1. The summed E-state index contributed by atoms with van der Waals surface area (Å²) in [7, 11) is 0.